The molecule has 0 unspecified atom stereocenters. The summed E-state index contributed by atoms with van der Waals surface area (Å²) in [6.07, 6.45) is -1.42. The second-order valence-electron chi connectivity index (χ2n) is 9.71. The highest BCUT2D eigenvalue weighted by molar-refractivity contribution is 7.20. The predicted octanol–water partition coefficient (Wildman–Crippen LogP) is 8.66. The van der Waals surface area contributed by atoms with E-state index in [1.165, 1.54) is 17.4 Å². The number of benzene rings is 3. The number of carboxylic acids is 1. The zero-order valence-corrected chi connectivity index (χ0v) is 21.5. The van der Waals surface area contributed by atoms with Crippen LogP contribution in [0.25, 0.3) is 37.9 Å². The largest absolute Gasteiger partial charge is 0.486 e. The van der Waals surface area contributed by atoms with Crippen LogP contribution in [0.5, 0.6) is 5.75 Å². The molecule has 4 aromatic rings. The molecule has 0 radical (unpaired) electrons. The van der Waals surface area contributed by atoms with Gasteiger partial charge in [-0.2, -0.15) is 0 Å². The molecule has 3 aromatic carbocycles. The maximum absolute atomic E-state index is 13.3. The van der Waals surface area contributed by atoms with E-state index in [1.807, 2.05) is 66.7 Å². The molecule has 0 aliphatic heterocycles. The lowest BCUT2D eigenvalue weighted by Gasteiger charge is -2.25. The van der Waals surface area contributed by atoms with Gasteiger partial charge in [-0.25, -0.2) is 13.6 Å². The molecule has 0 amide bonds. The number of halogens is 2. The molecule has 0 spiro atoms. The molecule has 36 heavy (non-hydrogen) atoms. The lowest BCUT2D eigenvalue weighted by Crippen LogP contribution is -2.13. The van der Waals surface area contributed by atoms with Gasteiger partial charge in [0.25, 0.3) is 6.43 Å². The summed E-state index contributed by atoms with van der Waals surface area (Å²) < 4.78 is 33.5. The number of hydrogen-bond donors (Lipinski definition) is 1. The number of allylic oxidation sites excluding steroid dienone is 1. The van der Waals surface area contributed by atoms with E-state index in [-0.39, 0.29) is 5.41 Å². The summed E-state index contributed by atoms with van der Waals surface area (Å²) in [5.74, 6) is -0.592. The van der Waals surface area contributed by atoms with Crippen molar-refractivity contribution in [2.24, 2.45) is 0 Å². The fourth-order valence-corrected chi connectivity index (χ4v) is 5.20. The Bertz CT molecular complexity index is 1430. The smallest absolute Gasteiger partial charge is 0.328 e. The second kappa shape index (κ2) is 10.2. The first-order chi connectivity index (χ1) is 17.0. The summed E-state index contributed by atoms with van der Waals surface area (Å²) in [7, 11) is 0. The van der Waals surface area contributed by atoms with Crippen molar-refractivity contribution in [2.45, 2.75) is 39.5 Å². The van der Waals surface area contributed by atoms with Crippen LogP contribution in [0.1, 0.15) is 38.1 Å². The molecule has 1 N–H and O–H groups in total. The van der Waals surface area contributed by atoms with Crippen LogP contribution in [0, 0.1) is 0 Å². The van der Waals surface area contributed by atoms with Gasteiger partial charge in [0.1, 0.15) is 12.4 Å². The quantitative estimate of drug-likeness (QED) is 0.255. The summed E-state index contributed by atoms with van der Waals surface area (Å²) in [5.41, 5.74) is 4.73. The van der Waals surface area contributed by atoms with E-state index < -0.39 is 19.0 Å². The molecular weight excluding hydrogens is 478 g/mol. The molecule has 4 rings (SSSR count). The molecule has 186 valence electrons. The van der Waals surface area contributed by atoms with E-state index in [1.54, 1.807) is 6.92 Å². The van der Waals surface area contributed by atoms with Gasteiger partial charge in [-0.15, -0.1) is 11.3 Å². The Morgan fingerprint density at radius 3 is 2.33 bits per heavy atom. The number of carboxylic acid groups (broad SMARTS) is 1. The van der Waals surface area contributed by atoms with E-state index in [0.29, 0.717) is 11.3 Å². The van der Waals surface area contributed by atoms with Crippen LogP contribution in [0.3, 0.4) is 0 Å². The third kappa shape index (κ3) is 5.49. The van der Waals surface area contributed by atoms with Crippen LogP contribution in [-0.4, -0.2) is 24.1 Å². The van der Waals surface area contributed by atoms with Crippen molar-refractivity contribution in [3.63, 3.8) is 0 Å². The Balaban J connectivity index is 2.03. The minimum atomic E-state index is -2.61. The van der Waals surface area contributed by atoms with Gasteiger partial charge in [0.2, 0.25) is 0 Å². The summed E-state index contributed by atoms with van der Waals surface area (Å²) in [6, 6.07) is 21.5. The minimum absolute atomic E-state index is 0.200. The number of thiophene rings is 1. The fraction of sp³-hybridized carbons (Fsp3) is 0.233. The summed E-state index contributed by atoms with van der Waals surface area (Å²) in [5, 5.41) is 10.1. The van der Waals surface area contributed by atoms with E-state index in [4.69, 9.17) is 4.74 Å². The standard InChI is InChI=1S/C30H28F2O3S/c1-18(13-28(33)34)26-16-23-21(11-8-12-25(23)36-26)24-15-20(30(2,3)4)14-22(19-9-6-5-7-10-19)29(24)35-17-27(31)32/h5-16,27H,17H2,1-4H3,(H,33,34)/b18-13+. The van der Waals surface area contributed by atoms with Crippen LogP contribution in [0.4, 0.5) is 8.78 Å². The van der Waals surface area contributed by atoms with Crippen molar-refractivity contribution in [3.8, 4) is 28.0 Å². The molecule has 1 heterocycles. The van der Waals surface area contributed by atoms with Gasteiger partial charge < -0.3 is 9.84 Å². The molecule has 0 aliphatic rings. The molecule has 0 saturated heterocycles. The number of fused-ring (bicyclic) bond motifs is 1. The molecular formula is C30H28F2O3S. The predicted molar refractivity (Wildman–Crippen MR) is 144 cm³/mol. The Morgan fingerprint density at radius 2 is 1.69 bits per heavy atom. The monoisotopic (exact) mass is 506 g/mol. The fourth-order valence-electron chi connectivity index (χ4n) is 4.14. The number of ether oxygens (including phenoxy) is 1. The van der Waals surface area contributed by atoms with Crippen molar-refractivity contribution in [2.75, 3.05) is 6.61 Å². The van der Waals surface area contributed by atoms with Crippen molar-refractivity contribution < 1.29 is 23.4 Å². The van der Waals surface area contributed by atoms with Crippen LogP contribution in [0.2, 0.25) is 0 Å². The maximum atomic E-state index is 13.3. The first kappa shape index (κ1) is 25.6. The van der Waals surface area contributed by atoms with Crippen molar-refractivity contribution >= 4 is 33.0 Å². The molecule has 0 fully saturated rings. The SMILES string of the molecule is C/C(=C\C(=O)O)c1cc2c(-c3cc(C(C)(C)C)cc(-c4ccccc4)c3OCC(F)F)cccc2s1. The second-order valence-corrected chi connectivity index (χ2v) is 10.8. The average molecular weight is 507 g/mol. The lowest BCUT2D eigenvalue weighted by atomic mass is 9.82. The van der Waals surface area contributed by atoms with Crippen molar-refractivity contribution in [3.05, 3.63) is 83.2 Å². The van der Waals surface area contributed by atoms with Gasteiger partial charge in [-0.05, 0) is 58.9 Å². The molecule has 0 atom stereocenters. The number of hydrogen-bond acceptors (Lipinski definition) is 3. The van der Waals surface area contributed by atoms with Crippen molar-refractivity contribution in [1.29, 1.82) is 0 Å². The minimum Gasteiger partial charge on any atom is -0.486 e. The molecule has 1 aromatic heterocycles. The zero-order chi connectivity index (χ0) is 26.0. The zero-order valence-electron chi connectivity index (χ0n) is 20.6. The first-order valence-electron chi connectivity index (χ1n) is 11.6. The number of rotatable bonds is 7. The van der Waals surface area contributed by atoms with Gasteiger partial charge in [0.15, 0.2) is 0 Å². The van der Waals surface area contributed by atoms with Gasteiger partial charge in [-0.3, -0.25) is 0 Å². The molecule has 0 saturated carbocycles. The van der Waals surface area contributed by atoms with Crippen LogP contribution in [0.15, 0.2) is 72.8 Å². The molecule has 0 bridgehead atoms. The number of carbonyl (C=O) groups is 1. The van der Waals surface area contributed by atoms with E-state index in [9.17, 15) is 18.7 Å². The third-order valence-corrected chi connectivity index (χ3v) is 7.21. The molecule has 3 nitrogen and oxygen atoms in total. The summed E-state index contributed by atoms with van der Waals surface area (Å²) in [6.45, 7) is 7.40. The van der Waals surface area contributed by atoms with Crippen LogP contribution < -0.4 is 4.74 Å². The lowest BCUT2D eigenvalue weighted by molar-refractivity contribution is -0.131. The van der Waals surface area contributed by atoms with E-state index >= 15 is 0 Å². The number of alkyl halides is 2. The Morgan fingerprint density at radius 1 is 1.00 bits per heavy atom. The van der Waals surface area contributed by atoms with E-state index in [0.717, 1.165) is 42.8 Å². The van der Waals surface area contributed by atoms with Gasteiger partial charge >= 0.3 is 5.97 Å². The Hall–Kier alpha value is -3.51. The molecule has 0 aliphatic carbocycles. The highest BCUT2D eigenvalue weighted by Crippen LogP contribution is 2.46. The van der Waals surface area contributed by atoms with Gasteiger partial charge in [-0.1, -0.05) is 63.2 Å². The normalized spacial score (nSPS) is 12.4. The topological polar surface area (TPSA) is 46.5 Å². The summed E-state index contributed by atoms with van der Waals surface area (Å²) in [4.78, 5) is 12.1. The van der Waals surface area contributed by atoms with Gasteiger partial charge in [0.05, 0.1) is 0 Å². The van der Waals surface area contributed by atoms with Crippen LogP contribution in [-0.2, 0) is 10.2 Å². The van der Waals surface area contributed by atoms with Crippen molar-refractivity contribution in [1.82, 2.24) is 0 Å². The van der Waals surface area contributed by atoms with Crippen LogP contribution >= 0.6 is 11.3 Å². The highest BCUT2D eigenvalue weighted by atomic mass is 32.1. The summed E-state index contributed by atoms with van der Waals surface area (Å²) >= 11 is 1.50. The highest BCUT2D eigenvalue weighted by Gasteiger charge is 2.23. The first-order valence-corrected chi connectivity index (χ1v) is 12.5. The molecule has 6 heteroatoms. The average Bonchev–Trinajstić information content (AvgIpc) is 3.26. The van der Waals surface area contributed by atoms with Gasteiger partial charge in [0, 0.05) is 32.2 Å². The number of aliphatic carboxylic acids is 1. The Labute approximate surface area is 213 Å². The third-order valence-electron chi connectivity index (χ3n) is 5.97. The Kier molecular flexibility index (Phi) is 7.27. The van der Waals surface area contributed by atoms with E-state index in [2.05, 4.69) is 20.8 Å². The maximum Gasteiger partial charge on any atom is 0.328 e.